The van der Waals surface area contributed by atoms with Crippen molar-refractivity contribution < 1.29 is 14.3 Å². The predicted octanol–water partition coefficient (Wildman–Crippen LogP) is 3.85. The first-order valence-corrected chi connectivity index (χ1v) is 8.88. The van der Waals surface area contributed by atoms with Crippen LogP contribution in [0.5, 0.6) is 5.75 Å². The van der Waals surface area contributed by atoms with E-state index in [9.17, 15) is 4.79 Å². The van der Waals surface area contributed by atoms with E-state index in [1.165, 1.54) is 18.9 Å². The number of aryl methyl sites for hydroxylation is 1. The molecule has 132 valence electrons. The maximum absolute atomic E-state index is 11.8. The summed E-state index contributed by atoms with van der Waals surface area (Å²) in [5.74, 6) is 0.532. The molecule has 25 heavy (non-hydrogen) atoms. The quantitative estimate of drug-likeness (QED) is 0.416. The molecule has 0 radical (unpaired) electrons. The molecule has 5 nitrogen and oxygen atoms in total. The lowest BCUT2D eigenvalue weighted by atomic mass is 10.2. The van der Waals surface area contributed by atoms with Crippen LogP contribution in [0, 0.1) is 0 Å². The Morgan fingerprint density at radius 2 is 2.16 bits per heavy atom. The first-order valence-electron chi connectivity index (χ1n) is 8.88. The lowest BCUT2D eigenvalue weighted by Gasteiger charge is -2.13. The number of nitrogens with zero attached hydrogens (tertiary/aromatic N) is 2. The second-order valence-electron chi connectivity index (χ2n) is 6.22. The van der Waals surface area contributed by atoms with Crippen molar-refractivity contribution in [3.8, 4) is 5.75 Å². The number of hydrogen-bond acceptors (Lipinski definition) is 4. The summed E-state index contributed by atoms with van der Waals surface area (Å²) < 4.78 is 13.0. The molecule has 0 amide bonds. The number of ether oxygens (including phenoxy) is 2. The van der Waals surface area contributed by atoms with Crippen LogP contribution in [0.4, 0.5) is 0 Å². The number of carbonyl (C=O) groups excluding carboxylic acids is 1. The second kappa shape index (κ2) is 9.06. The smallest absolute Gasteiger partial charge is 0.330 e. The molecule has 5 heteroatoms. The molecule has 1 aliphatic carbocycles. The van der Waals surface area contributed by atoms with E-state index in [0.717, 1.165) is 37.1 Å². The monoisotopic (exact) mass is 340 g/mol. The van der Waals surface area contributed by atoms with Gasteiger partial charge < -0.3 is 9.47 Å². The van der Waals surface area contributed by atoms with Crippen LogP contribution in [-0.4, -0.2) is 28.5 Å². The van der Waals surface area contributed by atoms with Gasteiger partial charge in [-0.3, -0.25) is 4.68 Å². The van der Waals surface area contributed by atoms with Crippen LogP contribution in [-0.2, 0) is 16.1 Å². The zero-order valence-corrected chi connectivity index (χ0v) is 14.3. The molecule has 1 fully saturated rings. The van der Waals surface area contributed by atoms with Gasteiger partial charge >= 0.3 is 5.97 Å². The van der Waals surface area contributed by atoms with E-state index in [0.29, 0.717) is 12.7 Å². The standard InChI is InChI=1S/C20H24N2O3/c23-20(24-15-5-14-22-13-4-12-21-22)11-10-17-6-3-9-19(16-17)25-18-7-1-2-8-18/h3-4,6,9-13,16,18H,1-2,5,7-8,14-15H2/b11-10+. The summed E-state index contributed by atoms with van der Waals surface area (Å²) in [7, 11) is 0. The number of rotatable bonds is 8. The molecule has 0 N–H and O–H groups in total. The summed E-state index contributed by atoms with van der Waals surface area (Å²) in [6.07, 6.45) is 12.7. The van der Waals surface area contributed by atoms with Crippen LogP contribution < -0.4 is 4.74 Å². The zero-order valence-electron chi connectivity index (χ0n) is 14.3. The fourth-order valence-corrected chi connectivity index (χ4v) is 2.93. The van der Waals surface area contributed by atoms with Gasteiger partial charge in [0.05, 0.1) is 12.7 Å². The van der Waals surface area contributed by atoms with Gasteiger partial charge in [0.1, 0.15) is 5.75 Å². The summed E-state index contributed by atoms with van der Waals surface area (Å²) in [6.45, 7) is 1.12. The molecule has 1 aromatic carbocycles. The summed E-state index contributed by atoms with van der Waals surface area (Å²) in [6, 6.07) is 9.69. The molecule has 3 rings (SSSR count). The van der Waals surface area contributed by atoms with Crippen LogP contribution >= 0.6 is 0 Å². The Morgan fingerprint density at radius 3 is 2.96 bits per heavy atom. The highest BCUT2D eigenvalue weighted by molar-refractivity contribution is 5.87. The van der Waals surface area contributed by atoms with Crippen LogP contribution in [0.3, 0.4) is 0 Å². The summed E-state index contributed by atoms with van der Waals surface area (Å²) in [5.41, 5.74) is 0.934. The fraction of sp³-hybridized carbons (Fsp3) is 0.400. The molecular formula is C20H24N2O3. The number of carbonyl (C=O) groups is 1. The molecule has 1 aromatic heterocycles. The van der Waals surface area contributed by atoms with Crippen LogP contribution in [0.1, 0.15) is 37.7 Å². The average molecular weight is 340 g/mol. The Hall–Kier alpha value is -2.56. The first-order chi connectivity index (χ1) is 12.3. The minimum Gasteiger partial charge on any atom is -0.490 e. The van der Waals surface area contributed by atoms with Crippen molar-refractivity contribution in [3.63, 3.8) is 0 Å². The van der Waals surface area contributed by atoms with Crippen LogP contribution in [0.25, 0.3) is 6.08 Å². The SMILES string of the molecule is O=C(/C=C/c1cccc(OC2CCCC2)c1)OCCCn1cccn1. The van der Waals surface area contributed by atoms with E-state index in [-0.39, 0.29) is 5.97 Å². The van der Waals surface area contributed by atoms with Gasteiger partial charge in [0, 0.05) is 31.4 Å². The number of esters is 1. The van der Waals surface area contributed by atoms with Gasteiger partial charge in [-0.05, 0) is 55.5 Å². The Kier molecular flexibility index (Phi) is 6.26. The minimum absolute atomic E-state index is 0.331. The van der Waals surface area contributed by atoms with E-state index in [1.54, 1.807) is 12.3 Å². The second-order valence-corrected chi connectivity index (χ2v) is 6.22. The summed E-state index contributed by atoms with van der Waals surface area (Å²) in [5, 5.41) is 4.10. The average Bonchev–Trinajstić information content (AvgIpc) is 3.31. The van der Waals surface area contributed by atoms with Gasteiger partial charge in [-0.25, -0.2) is 4.79 Å². The topological polar surface area (TPSA) is 53.4 Å². The summed E-state index contributed by atoms with van der Waals surface area (Å²) >= 11 is 0. The Morgan fingerprint density at radius 1 is 1.28 bits per heavy atom. The van der Waals surface area contributed by atoms with Gasteiger partial charge in [-0.15, -0.1) is 0 Å². The predicted molar refractivity (Wildman–Crippen MR) is 96.2 cm³/mol. The third-order valence-corrected chi connectivity index (χ3v) is 4.21. The van der Waals surface area contributed by atoms with E-state index >= 15 is 0 Å². The number of aromatic nitrogens is 2. The van der Waals surface area contributed by atoms with E-state index in [1.807, 2.05) is 41.2 Å². The molecule has 0 atom stereocenters. The van der Waals surface area contributed by atoms with Crippen LogP contribution in [0.15, 0.2) is 48.8 Å². The van der Waals surface area contributed by atoms with Crippen molar-refractivity contribution >= 4 is 12.0 Å². The molecular weight excluding hydrogens is 316 g/mol. The van der Waals surface area contributed by atoms with Crippen molar-refractivity contribution in [2.45, 2.75) is 44.8 Å². The highest BCUT2D eigenvalue weighted by Crippen LogP contribution is 2.24. The third-order valence-electron chi connectivity index (χ3n) is 4.21. The first kappa shape index (κ1) is 17.3. The van der Waals surface area contributed by atoms with Gasteiger partial charge in [0.2, 0.25) is 0 Å². The van der Waals surface area contributed by atoms with Gasteiger partial charge in [-0.1, -0.05) is 12.1 Å². The van der Waals surface area contributed by atoms with E-state index in [4.69, 9.17) is 9.47 Å². The highest BCUT2D eigenvalue weighted by Gasteiger charge is 2.16. The molecule has 1 aliphatic rings. The molecule has 0 saturated heterocycles. The number of hydrogen-bond donors (Lipinski definition) is 0. The normalized spacial score (nSPS) is 14.9. The maximum Gasteiger partial charge on any atom is 0.330 e. The third kappa shape index (κ3) is 5.78. The molecule has 2 aromatic rings. The minimum atomic E-state index is -0.331. The fourth-order valence-electron chi connectivity index (χ4n) is 2.93. The van der Waals surface area contributed by atoms with Crippen molar-refractivity contribution in [1.29, 1.82) is 0 Å². The molecule has 1 heterocycles. The maximum atomic E-state index is 11.8. The number of benzene rings is 1. The summed E-state index contributed by atoms with van der Waals surface area (Å²) in [4.78, 5) is 11.8. The van der Waals surface area contributed by atoms with E-state index in [2.05, 4.69) is 5.10 Å². The van der Waals surface area contributed by atoms with Crippen molar-refractivity contribution in [2.24, 2.45) is 0 Å². The van der Waals surface area contributed by atoms with Crippen molar-refractivity contribution in [2.75, 3.05) is 6.61 Å². The van der Waals surface area contributed by atoms with Gasteiger partial charge in [0.25, 0.3) is 0 Å². The van der Waals surface area contributed by atoms with Crippen molar-refractivity contribution in [3.05, 3.63) is 54.4 Å². The van der Waals surface area contributed by atoms with Gasteiger partial charge in [0.15, 0.2) is 0 Å². The highest BCUT2D eigenvalue weighted by atomic mass is 16.5. The Bertz CT molecular complexity index is 689. The largest absolute Gasteiger partial charge is 0.490 e. The molecule has 0 unspecified atom stereocenters. The van der Waals surface area contributed by atoms with Crippen LogP contribution in [0.2, 0.25) is 0 Å². The molecule has 0 bridgehead atoms. The van der Waals surface area contributed by atoms with E-state index < -0.39 is 0 Å². The Labute approximate surface area is 148 Å². The van der Waals surface area contributed by atoms with Gasteiger partial charge in [-0.2, -0.15) is 5.10 Å². The zero-order chi connectivity index (χ0) is 17.3. The molecule has 0 spiro atoms. The lowest BCUT2D eigenvalue weighted by Crippen LogP contribution is -2.10. The van der Waals surface area contributed by atoms with Crippen molar-refractivity contribution in [1.82, 2.24) is 9.78 Å². The lowest BCUT2D eigenvalue weighted by molar-refractivity contribution is -0.137. The Balaban J connectivity index is 1.41. The molecule has 0 aliphatic heterocycles. The molecule has 1 saturated carbocycles.